The number of carbonyl (C=O) groups excluding carboxylic acids is 4. The molecule has 144 valence electrons. The maximum absolute atomic E-state index is 12.4. The molecular weight excluding hydrogens is 354 g/mol. The first kappa shape index (κ1) is 18.7. The molecule has 2 aliphatic rings. The Hall–Kier alpha value is -3.10. The molecule has 1 spiro atoms. The van der Waals surface area contributed by atoms with Gasteiger partial charge in [-0.25, -0.2) is 4.79 Å². The predicted octanol–water partition coefficient (Wildman–Crippen LogP) is 0.477. The van der Waals surface area contributed by atoms with E-state index in [1.165, 1.54) is 14.0 Å². The summed E-state index contributed by atoms with van der Waals surface area (Å²) in [6.07, 6.45) is 0.708. The highest BCUT2D eigenvalue weighted by molar-refractivity contribution is 6.07. The van der Waals surface area contributed by atoms with Crippen LogP contribution in [0.2, 0.25) is 0 Å². The lowest BCUT2D eigenvalue weighted by atomic mass is 9.88. The fraction of sp³-hybridized carbons (Fsp3) is 0.444. The molecule has 2 aliphatic heterocycles. The number of hydrogen-bond acceptors (Lipinski definition) is 6. The normalized spacial score (nSPS) is 18.1. The second kappa shape index (κ2) is 7.26. The second-order valence-electron chi connectivity index (χ2n) is 6.58. The van der Waals surface area contributed by atoms with Gasteiger partial charge in [0, 0.05) is 18.7 Å². The van der Waals surface area contributed by atoms with Gasteiger partial charge < -0.3 is 19.7 Å². The number of ether oxygens (including phenoxy) is 2. The van der Waals surface area contributed by atoms with Gasteiger partial charge in [-0.2, -0.15) is 0 Å². The average Bonchev–Trinajstić information content (AvgIpc) is 2.92. The van der Waals surface area contributed by atoms with Gasteiger partial charge in [0.25, 0.3) is 11.8 Å². The molecule has 0 bridgehead atoms. The summed E-state index contributed by atoms with van der Waals surface area (Å²) in [5, 5.41) is 4.89. The van der Waals surface area contributed by atoms with E-state index in [9.17, 15) is 19.2 Å². The lowest BCUT2D eigenvalue weighted by Gasteiger charge is -2.36. The number of piperidine rings is 1. The summed E-state index contributed by atoms with van der Waals surface area (Å²) in [6, 6.07) is 4.27. The van der Waals surface area contributed by atoms with Gasteiger partial charge >= 0.3 is 6.03 Å². The van der Waals surface area contributed by atoms with Crippen LogP contribution in [-0.2, 0) is 9.59 Å². The molecular formula is C18H21N3O6. The van der Waals surface area contributed by atoms with Crippen LogP contribution in [0.4, 0.5) is 4.79 Å². The van der Waals surface area contributed by atoms with Gasteiger partial charge in [-0.1, -0.05) is 0 Å². The highest BCUT2D eigenvalue weighted by atomic mass is 16.5. The largest absolute Gasteiger partial charge is 0.493 e. The van der Waals surface area contributed by atoms with Crippen molar-refractivity contribution < 1.29 is 28.7 Å². The molecule has 0 saturated carbocycles. The fourth-order valence-electron chi connectivity index (χ4n) is 3.25. The number of nitrogens with one attached hydrogen (secondary N) is 2. The van der Waals surface area contributed by atoms with Crippen molar-refractivity contribution in [3.8, 4) is 11.5 Å². The van der Waals surface area contributed by atoms with E-state index < -0.39 is 11.6 Å². The van der Waals surface area contributed by atoms with Gasteiger partial charge in [-0.3, -0.25) is 19.7 Å². The minimum atomic E-state index is -0.916. The van der Waals surface area contributed by atoms with Crippen LogP contribution in [0, 0.1) is 0 Å². The Morgan fingerprint density at radius 3 is 2.44 bits per heavy atom. The minimum Gasteiger partial charge on any atom is -0.493 e. The van der Waals surface area contributed by atoms with Gasteiger partial charge in [0.1, 0.15) is 5.54 Å². The number of methoxy groups -OCH3 is 1. The first-order chi connectivity index (χ1) is 12.8. The van der Waals surface area contributed by atoms with E-state index in [0.29, 0.717) is 43.0 Å². The molecule has 0 atom stereocenters. The summed E-state index contributed by atoms with van der Waals surface area (Å²) in [6.45, 7) is 1.95. The van der Waals surface area contributed by atoms with Crippen LogP contribution < -0.4 is 20.1 Å². The maximum atomic E-state index is 12.4. The Morgan fingerprint density at radius 2 is 1.89 bits per heavy atom. The summed E-state index contributed by atoms with van der Waals surface area (Å²) < 4.78 is 10.8. The van der Waals surface area contributed by atoms with Crippen LogP contribution in [0.25, 0.3) is 0 Å². The van der Waals surface area contributed by atoms with Crippen molar-refractivity contribution in [3.05, 3.63) is 23.8 Å². The lowest BCUT2D eigenvalue weighted by Crippen LogP contribution is -2.56. The zero-order chi connectivity index (χ0) is 19.6. The monoisotopic (exact) mass is 375 g/mol. The SMILES string of the molecule is COc1cc(C(C)=O)ccc1OCC(=O)N1CCC2(CC1)NC(=O)NC2=O. The molecule has 3 rings (SSSR count). The molecule has 0 aromatic heterocycles. The molecule has 1 aromatic carbocycles. The summed E-state index contributed by atoms with van der Waals surface area (Å²) in [5.74, 6) is 0.0739. The number of ketones is 1. The topological polar surface area (TPSA) is 114 Å². The third kappa shape index (κ3) is 3.71. The Labute approximate surface area is 156 Å². The number of urea groups is 1. The molecule has 0 radical (unpaired) electrons. The third-order valence-corrected chi connectivity index (χ3v) is 4.91. The van der Waals surface area contributed by atoms with Crippen LogP contribution in [0.5, 0.6) is 11.5 Å². The highest BCUT2D eigenvalue weighted by Gasteiger charge is 2.48. The van der Waals surface area contributed by atoms with Crippen LogP contribution in [0.1, 0.15) is 30.1 Å². The van der Waals surface area contributed by atoms with E-state index in [0.717, 1.165) is 0 Å². The number of Topliss-reactive ketones (excluding diaryl/α,β-unsaturated/α-hetero) is 1. The van der Waals surface area contributed by atoms with Crippen molar-refractivity contribution in [1.82, 2.24) is 15.5 Å². The Kier molecular flexibility index (Phi) is 5.02. The number of carbonyl (C=O) groups is 4. The van der Waals surface area contributed by atoms with Crippen LogP contribution >= 0.6 is 0 Å². The zero-order valence-electron chi connectivity index (χ0n) is 15.2. The van der Waals surface area contributed by atoms with Crippen molar-refractivity contribution in [2.24, 2.45) is 0 Å². The molecule has 4 amide bonds. The molecule has 27 heavy (non-hydrogen) atoms. The van der Waals surface area contributed by atoms with E-state index >= 15 is 0 Å². The van der Waals surface area contributed by atoms with Gasteiger partial charge in [0.05, 0.1) is 7.11 Å². The summed E-state index contributed by atoms with van der Waals surface area (Å²) >= 11 is 0. The van der Waals surface area contributed by atoms with Crippen molar-refractivity contribution in [2.75, 3.05) is 26.8 Å². The first-order valence-corrected chi connectivity index (χ1v) is 8.58. The van der Waals surface area contributed by atoms with Gasteiger partial charge in [0.2, 0.25) is 0 Å². The molecule has 9 nitrogen and oxygen atoms in total. The molecule has 2 fully saturated rings. The molecule has 0 unspecified atom stereocenters. The number of imide groups is 1. The molecule has 2 saturated heterocycles. The van der Waals surface area contributed by atoms with E-state index in [2.05, 4.69) is 10.6 Å². The van der Waals surface area contributed by atoms with Crippen LogP contribution in [-0.4, -0.2) is 60.9 Å². The maximum Gasteiger partial charge on any atom is 0.322 e. The first-order valence-electron chi connectivity index (χ1n) is 8.58. The summed E-state index contributed by atoms with van der Waals surface area (Å²) in [4.78, 5) is 48.7. The van der Waals surface area contributed by atoms with Crippen LogP contribution in [0.15, 0.2) is 18.2 Å². The average molecular weight is 375 g/mol. The lowest BCUT2D eigenvalue weighted by molar-refractivity contribution is -0.137. The second-order valence-corrected chi connectivity index (χ2v) is 6.58. The number of likely N-dealkylation sites (tertiary alicyclic amines) is 1. The van der Waals surface area contributed by atoms with E-state index in [4.69, 9.17) is 9.47 Å². The molecule has 2 heterocycles. The summed E-state index contributed by atoms with van der Waals surface area (Å²) in [7, 11) is 1.46. The van der Waals surface area contributed by atoms with Crippen molar-refractivity contribution in [2.45, 2.75) is 25.3 Å². The number of hydrogen-bond donors (Lipinski definition) is 2. The predicted molar refractivity (Wildman–Crippen MR) is 93.7 cm³/mol. The Bertz CT molecular complexity index is 798. The van der Waals surface area contributed by atoms with Crippen LogP contribution in [0.3, 0.4) is 0 Å². The standard InChI is InChI=1S/C18H21N3O6/c1-11(22)12-3-4-13(14(9-12)26-2)27-10-15(23)21-7-5-18(6-8-21)16(24)19-17(25)20-18/h3-4,9H,5-8,10H2,1-2H3,(H2,19,20,24,25). The van der Waals surface area contributed by atoms with Crippen molar-refractivity contribution in [3.63, 3.8) is 0 Å². The summed E-state index contributed by atoms with van der Waals surface area (Å²) in [5.41, 5.74) is -0.427. The van der Waals surface area contributed by atoms with Crippen molar-refractivity contribution in [1.29, 1.82) is 0 Å². The molecule has 0 aliphatic carbocycles. The quantitative estimate of drug-likeness (QED) is 0.571. The number of benzene rings is 1. The number of rotatable bonds is 5. The number of nitrogens with zero attached hydrogens (tertiary/aromatic N) is 1. The van der Waals surface area contributed by atoms with Crippen molar-refractivity contribution >= 4 is 23.6 Å². The van der Waals surface area contributed by atoms with E-state index in [-0.39, 0.29) is 24.2 Å². The van der Waals surface area contributed by atoms with Gasteiger partial charge in [-0.15, -0.1) is 0 Å². The fourth-order valence-corrected chi connectivity index (χ4v) is 3.25. The van der Waals surface area contributed by atoms with E-state index in [1.807, 2.05) is 0 Å². The third-order valence-electron chi connectivity index (χ3n) is 4.91. The highest BCUT2D eigenvalue weighted by Crippen LogP contribution is 2.29. The number of amides is 4. The zero-order valence-corrected chi connectivity index (χ0v) is 15.2. The molecule has 1 aromatic rings. The smallest absolute Gasteiger partial charge is 0.322 e. The van der Waals surface area contributed by atoms with Gasteiger partial charge in [0.15, 0.2) is 23.9 Å². The molecule has 9 heteroatoms. The van der Waals surface area contributed by atoms with Gasteiger partial charge in [-0.05, 0) is 38.0 Å². The van der Waals surface area contributed by atoms with E-state index in [1.54, 1.807) is 23.1 Å². The minimum absolute atomic E-state index is 0.0961. The molecule has 2 N–H and O–H groups in total. The Morgan fingerprint density at radius 1 is 1.19 bits per heavy atom. The Balaban J connectivity index is 1.57.